The van der Waals surface area contributed by atoms with Crippen LogP contribution >= 0.6 is 11.3 Å². The minimum Gasteiger partial charge on any atom is -0.345 e. The van der Waals surface area contributed by atoms with E-state index in [1.807, 2.05) is 4.90 Å². The van der Waals surface area contributed by atoms with Gasteiger partial charge in [-0.3, -0.25) is 4.79 Å². The van der Waals surface area contributed by atoms with Crippen molar-refractivity contribution in [2.75, 3.05) is 31.1 Å². The molecule has 1 aliphatic heterocycles. The van der Waals surface area contributed by atoms with E-state index in [1.54, 1.807) is 11.3 Å². The number of carbonyl (C=O) groups excluding carboxylic acids is 1. The highest BCUT2D eigenvalue weighted by molar-refractivity contribution is 7.22. The monoisotopic (exact) mass is 393 g/mol. The summed E-state index contributed by atoms with van der Waals surface area (Å²) in [4.78, 5) is 21.9. The summed E-state index contributed by atoms with van der Waals surface area (Å²) in [6.45, 7) is 11.7. The molecule has 146 valence electrons. The van der Waals surface area contributed by atoms with Crippen LogP contribution in [-0.4, -0.2) is 42.0 Å². The van der Waals surface area contributed by atoms with E-state index in [2.05, 4.69) is 62.9 Å². The van der Waals surface area contributed by atoms with Crippen molar-refractivity contribution in [1.29, 1.82) is 0 Å². The number of anilines is 1. The number of amides is 1. The van der Waals surface area contributed by atoms with E-state index in [0.717, 1.165) is 42.4 Å². The molecule has 0 saturated carbocycles. The molecular weight excluding hydrogens is 366 g/mol. The standard InChI is InChI=1S/C23H27N3OS/c1-15-5-6-19(17(3)11-15)14-21(27)25-7-9-26(10-8-25)23-24-20-13-16(2)12-18(4)22(20)28-23/h5-6,11-13H,7-10,14H2,1-4H3. The zero-order chi connectivity index (χ0) is 19.8. The van der Waals surface area contributed by atoms with Crippen molar-refractivity contribution in [2.45, 2.75) is 34.1 Å². The van der Waals surface area contributed by atoms with Gasteiger partial charge in [-0.15, -0.1) is 0 Å². The lowest BCUT2D eigenvalue weighted by molar-refractivity contribution is -0.130. The minimum atomic E-state index is 0.224. The van der Waals surface area contributed by atoms with E-state index < -0.39 is 0 Å². The third kappa shape index (κ3) is 3.76. The Hall–Kier alpha value is -2.40. The molecule has 0 unspecified atom stereocenters. The average Bonchev–Trinajstić information content (AvgIpc) is 3.08. The van der Waals surface area contributed by atoms with Gasteiger partial charge in [0, 0.05) is 26.2 Å². The van der Waals surface area contributed by atoms with Crippen molar-refractivity contribution in [2.24, 2.45) is 0 Å². The van der Waals surface area contributed by atoms with Crippen LogP contribution in [0.1, 0.15) is 27.8 Å². The van der Waals surface area contributed by atoms with E-state index in [-0.39, 0.29) is 5.91 Å². The number of aromatic nitrogens is 1. The smallest absolute Gasteiger partial charge is 0.227 e. The van der Waals surface area contributed by atoms with Gasteiger partial charge in [-0.25, -0.2) is 4.98 Å². The van der Waals surface area contributed by atoms with E-state index in [9.17, 15) is 4.79 Å². The third-order valence-corrected chi connectivity index (χ3v) is 6.82. The highest BCUT2D eigenvalue weighted by Gasteiger charge is 2.23. The summed E-state index contributed by atoms with van der Waals surface area (Å²) in [5.74, 6) is 0.224. The van der Waals surface area contributed by atoms with E-state index >= 15 is 0 Å². The van der Waals surface area contributed by atoms with Crippen LogP contribution in [0, 0.1) is 27.7 Å². The molecule has 3 aromatic rings. The number of fused-ring (bicyclic) bond motifs is 1. The molecule has 1 saturated heterocycles. The van der Waals surface area contributed by atoms with Crippen LogP contribution in [-0.2, 0) is 11.2 Å². The second-order valence-electron chi connectivity index (χ2n) is 7.90. The Labute approximate surface area is 170 Å². The molecule has 0 aliphatic carbocycles. The molecule has 1 aromatic heterocycles. The molecule has 0 N–H and O–H groups in total. The summed E-state index contributed by atoms with van der Waals surface area (Å²) >= 11 is 1.77. The molecule has 1 fully saturated rings. The SMILES string of the molecule is Cc1ccc(CC(=O)N2CCN(c3nc4cc(C)cc(C)c4s3)CC2)c(C)c1. The topological polar surface area (TPSA) is 36.4 Å². The molecule has 0 spiro atoms. The number of hydrogen-bond acceptors (Lipinski definition) is 4. The van der Waals surface area contributed by atoms with Gasteiger partial charge in [-0.1, -0.05) is 41.2 Å². The maximum absolute atomic E-state index is 12.8. The highest BCUT2D eigenvalue weighted by atomic mass is 32.1. The van der Waals surface area contributed by atoms with Gasteiger partial charge in [0.1, 0.15) is 0 Å². The summed E-state index contributed by atoms with van der Waals surface area (Å²) in [5.41, 5.74) is 7.21. The van der Waals surface area contributed by atoms with Crippen molar-refractivity contribution in [3.63, 3.8) is 0 Å². The van der Waals surface area contributed by atoms with Gasteiger partial charge in [0.15, 0.2) is 5.13 Å². The predicted octanol–water partition coefficient (Wildman–Crippen LogP) is 4.42. The molecule has 1 amide bonds. The van der Waals surface area contributed by atoms with E-state index in [4.69, 9.17) is 4.98 Å². The van der Waals surface area contributed by atoms with E-state index in [0.29, 0.717) is 6.42 Å². The van der Waals surface area contributed by atoms with Gasteiger partial charge >= 0.3 is 0 Å². The molecule has 1 aliphatic rings. The van der Waals surface area contributed by atoms with Crippen LogP contribution in [0.2, 0.25) is 0 Å². The number of hydrogen-bond donors (Lipinski definition) is 0. The second kappa shape index (κ2) is 7.55. The molecule has 28 heavy (non-hydrogen) atoms. The fourth-order valence-electron chi connectivity index (χ4n) is 3.97. The molecular formula is C23H27N3OS. The fraction of sp³-hybridized carbons (Fsp3) is 0.391. The number of rotatable bonds is 3. The summed E-state index contributed by atoms with van der Waals surface area (Å²) in [5, 5.41) is 1.07. The van der Waals surface area contributed by atoms with Crippen LogP contribution in [0.25, 0.3) is 10.2 Å². The first-order valence-corrected chi connectivity index (χ1v) is 10.7. The Morgan fingerprint density at radius 3 is 2.39 bits per heavy atom. The fourth-order valence-corrected chi connectivity index (χ4v) is 5.03. The average molecular weight is 394 g/mol. The number of benzene rings is 2. The van der Waals surface area contributed by atoms with Gasteiger partial charge in [-0.05, 0) is 56.0 Å². The summed E-state index contributed by atoms with van der Waals surface area (Å²) in [6, 6.07) is 10.7. The lowest BCUT2D eigenvalue weighted by atomic mass is 10.0. The molecule has 0 atom stereocenters. The van der Waals surface area contributed by atoms with Gasteiger partial charge < -0.3 is 9.80 Å². The predicted molar refractivity (Wildman–Crippen MR) is 118 cm³/mol. The van der Waals surface area contributed by atoms with Gasteiger partial charge in [0.05, 0.1) is 16.6 Å². The van der Waals surface area contributed by atoms with Crippen LogP contribution in [0.5, 0.6) is 0 Å². The van der Waals surface area contributed by atoms with Crippen LogP contribution < -0.4 is 4.90 Å². The molecule has 4 rings (SSSR count). The Morgan fingerprint density at radius 1 is 0.964 bits per heavy atom. The van der Waals surface area contributed by atoms with Crippen molar-refractivity contribution in [1.82, 2.24) is 9.88 Å². The zero-order valence-corrected chi connectivity index (χ0v) is 17.9. The second-order valence-corrected chi connectivity index (χ2v) is 8.88. The van der Waals surface area contributed by atoms with Crippen LogP contribution in [0.4, 0.5) is 5.13 Å². The number of carbonyl (C=O) groups is 1. The third-order valence-electron chi connectivity index (χ3n) is 5.55. The van der Waals surface area contributed by atoms with Crippen molar-refractivity contribution in [3.05, 3.63) is 58.1 Å². The first-order chi connectivity index (χ1) is 13.4. The van der Waals surface area contributed by atoms with Gasteiger partial charge in [-0.2, -0.15) is 0 Å². The van der Waals surface area contributed by atoms with Crippen LogP contribution in [0.3, 0.4) is 0 Å². The Bertz CT molecular complexity index is 1030. The first-order valence-electron chi connectivity index (χ1n) is 9.87. The number of nitrogens with zero attached hydrogens (tertiary/aromatic N) is 3. The van der Waals surface area contributed by atoms with Crippen LogP contribution in [0.15, 0.2) is 30.3 Å². The molecule has 0 radical (unpaired) electrons. The Morgan fingerprint density at radius 2 is 1.68 bits per heavy atom. The quantitative estimate of drug-likeness (QED) is 0.661. The highest BCUT2D eigenvalue weighted by Crippen LogP contribution is 2.32. The van der Waals surface area contributed by atoms with Crippen molar-refractivity contribution in [3.8, 4) is 0 Å². The molecule has 0 bridgehead atoms. The summed E-state index contributed by atoms with van der Waals surface area (Å²) in [7, 11) is 0. The molecule has 2 heterocycles. The van der Waals surface area contributed by atoms with Crippen molar-refractivity contribution < 1.29 is 4.79 Å². The Kier molecular flexibility index (Phi) is 5.11. The first kappa shape index (κ1) is 18.9. The van der Waals surface area contributed by atoms with Crippen molar-refractivity contribution >= 4 is 32.6 Å². The number of thiazole rings is 1. The number of piperazine rings is 1. The summed E-state index contributed by atoms with van der Waals surface area (Å²) in [6.07, 6.45) is 0.492. The molecule has 2 aromatic carbocycles. The Balaban J connectivity index is 1.41. The molecule has 5 heteroatoms. The summed E-state index contributed by atoms with van der Waals surface area (Å²) < 4.78 is 1.27. The maximum atomic E-state index is 12.8. The molecule has 4 nitrogen and oxygen atoms in total. The largest absolute Gasteiger partial charge is 0.345 e. The lowest BCUT2D eigenvalue weighted by Crippen LogP contribution is -2.49. The van der Waals surface area contributed by atoms with Gasteiger partial charge in [0.25, 0.3) is 0 Å². The normalized spacial score (nSPS) is 14.7. The number of aryl methyl sites for hydroxylation is 4. The van der Waals surface area contributed by atoms with Gasteiger partial charge in [0.2, 0.25) is 5.91 Å². The lowest BCUT2D eigenvalue weighted by Gasteiger charge is -2.34. The van der Waals surface area contributed by atoms with E-state index in [1.165, 1.54) is 27.0 Å². The minimum absolute atomic E-state index is 0.224. The zero-order valence-electron chi connectivity index (χ0n) is 17.1. The maximum Gasteiger partial charge on any atom is 0.227 e.